The van der Waals surface area contributed by atoms with E-state index in [2.05, 4.69) is 72.3 Å². The zero-order valence-electron chi connectivity index (χ0n) is 15.5. The van der Waals surface area contributed by atoms with E-state index in [-0.39, 0.29) is 5.48 Å². The standard InChI is InChI=1S/2C11H15N.H2O/c2*1-10(2)12-9-8-11-6-4-3-5-7-11;/h2*3-7,12H,1,8-9H2,2H3;1H2. The number of benzene rings is 2. The minimum atomic E-state index is 0. The first-order valence-electron chi connectivity index (χ1n) is 8.44. The van der Waals surface area contributed by atoms with E-state index < -0.39 is 0 Å². The normalized spacial score (nSPS) is 9.04. The van der Waals surface area contributed by atoms with Crippen LogP contribution in [-0.2, 0) is 12.8 Å². The molecule has 2 aromatic rings. The van der Waals surface area contributed by atoms with Gasteiger partial charge >= 0.3 is 0 Å². The first-order valence-corrected chi connectivity index (χ1v) is 8.44. The van der Waals surface area contributed by atoms with Gasteiger partial charge in [-0.3, -0.25) is 0 Å². The van der Waals surface area contributed by atoms with Gasteiger partial charge in [0.2, 0.25) is 0 Å². The topological polar surface area (TPSA) is 55.6 Å². The van der Waals surface area contributed by atoms with E-state index in [1.807, 2.05) is 26.0 Å². The van der Waals surface area contributed by atoms with Crippen LogP contribution < -0.4 is 10.6 Å². The van der Waals surface area contributed by atoms with E-state index in [9.17, 15) is 0 Å². The second kappa shape index (κ2) is 13.9. The highest BCUT2D eigenvalue weighted by Crippen LogP contribution is 1.99. The van der Waals surface area contributed by atoms with Crippen LogP contribution in [0.2, 0.25) is 0 Å². The monoisotopic (exact) mass is 340 g/mol. The molecule has 0 amide bonds. The predicted molar refractivity (Wildman–Crippen MR) is 110 cm³/mol. The number of nitrogens with one attached hydrogen (secondary N) is 2. The van der Waals surface area contributed by atoms with Gasteiger partial charge in [0.25, 0.3) is 0 Å². The molecule has 2 rings (SSSR count). The summed E-state index contributed by atoms with van der Waals surface area (Å²) in [6.45, 7) is 13.4. The molecule has 0 atom stereocenters. The van der Waals surface area contributed by atoms with Crippen LogP contribution in [0.4, 0.5) is 0 Å². The molecule has 0 aliphatic carbocycles. The summed E-state index contributed by atoms with van der Waals surface area (Å²) < 4.78 is 0. The molecule has 3 nitrogen and oxygen atoms in total. The van der Waals surface area contributed by atoms with Gasteiger partial charge < -0.3 is 16.1 Å². The fourth-order valence-corrected chi connectivity index (χ4v) is 2.13. The Kier molecular flexibility index (Phi) is 12.5. The van der Waals surface area contributed by atoms with Crippen LogP contribution in [0.25, 0.3) is 0 Å². The molecule has 0 heterocycles. The lowest BCUT2D eigenvalue weighted by atomic mass is 10.1. The first kappa shape index (κ1) is 22.5. The van der Waals surface area contributed by atoms with Crippen molar-refractivity contribution in [1.82, 2.24) is 10.6 Å². The van der Waals surface area contributed by atoms with Crippen LogP contribution in [0, 0.1) is 0 Å². The Labute approximate surface area is 152 Å². The molecule has 136 valence electrons. The summed E-state index contributed by atoms with van der Waals surface area (Å²) in [5, 5.41) is 6.40. The molecule has 0 spiro atoms. The van der Waals surface area contributed by atoms with Crippen molar-refractivity contribution < 1.29 is 5.48 Å². The second-order valence-electron chi connectivity index (χ2n) is 5.89. The van der Waals surface area contributed by atoms with Crippen LogP contribution in [0.5, 0.6) is 0 Å². The van der Waals surface area contributed by atoms with Gasteiger partial charge in [0.15, 0.2) is 0 Å². The van der Waals surface area contributed by atoms with Crippen molar-refractivity contribution in [3.8, 4) is 0 Å². The third kappa shape index (κ3) is 12.6. The molecule has 0 radical (unpaired) electrons. The molecule has 4 N–H and O–H groups in total. The van der Waals surface area contributed by atoms with Crippen molar-refractivity contribution in [3.05, 3.63) is 96.3 Å². The van der Waals surface area contributed by atoms with Gasteiger partial charge in [0.05, 0.1) is 0 Å². The molecule has 25 heavy (non-hydrogen) atoms. The summed E-state index contributed by atoms with van der Waals surface area (Å²) in [5.74, 6) is 0. The highest BCUT2D eigenvalue weighted by atomic mass is 16.0. The maximum absolute atomic E-state index is 3.78. The zero-order chi connectivity index (χ0) is 17.6. The van der Waals surface area contributed by atoms with Gasteiger partial charge in [-0.05, 0) is 37.8 Å². The van der Waals surface area contributed by atoms with E-state index in [0.717, 1.165) is 37.3 Å². The Morgan fingerprint density at radius 2 is 1.00 bits per heavy atom. The quantitative estimate of drug-likeness (QED) is 0.766. The smallest absolute Gasteiger partial charge is 0.0184 e. The summed E-state index contributed by atoms with van der Waals surface area (Å²) >= 11 is 0. The Morgan fingerprint density at radius 1 is 0.680 bits per heavy atom. The molecular formula is C22H32N2O. The molecule has 0 saturated heterocycles. The number of hydrogen-bond acceptors (Lipinski definition) is 2. The van der Waals surface area contributed by atoms with Gasteiger partial charge in [-0.25, -0.2) is 0 Å². The molecule has 2 aromatic carbocycles. The molecular weight excluding hydrogens is 308 g/mol. The van der Waals surface area contributed by atoms with E-state index in [4.69, 9.17) is 0 Å². The summed E-state index contributed by atoms with van der Waals surface area (Å²) in [7, 11) is 0. The third-order valence-corrected chi connectivity index (χ3v) is 3.37. The number of rotatable bonds is 8. The molecule has 0 unspecified atom stereocenters. The molecule has 0 aromatic heterocycles. The lowest BCUT2D eigenvalue weighted by Crippen LogP contribution is -2.13. The third-order valence-electron chi connectivity index (χ3n) is 3.37. The van der Waals surface area contributed by atoms with Gasteiger partial charge in [-0.1, -0.05) is 73.8 Å². The molecule has 3 heteroatoms. The minimum absolute atomic E-state index is 0. The SMILES string of the molecule is C=C(C)NCCc1ccccc1.C=C(C)NCCc1ccccc1.O. The van der Waals surface area contributed by atoms with Crippen molar-refractivity contribution >= 4 is 0 Å². The van der Waals surface area contributed by atoms with Crippen LogP contribution in [0.3, 0.4) is 0 Å². The van der Waals surface area contributed by atoms with Crippen LogP contribution in [0.1, 0.15) is 25.0 Å². The average Bonchev–Trinajstić information content (AvgIpc) is 2.57. The highest BCUT2D eigenvalue weighted by Gasteiger charge is 1.90. The Hall–Kier alpha value is -2.52. The number of allylic oxidation sites excluding steroid dienone is 2. The van der Waals surface area contributed by atoms with Crippen molar-refractivity contribution in [2.24, 2.45) is 0 Å². The lowest BCUT2D eigenvalue weighted by Gasteiger charge is -2.04. The fourth-order valence-electron chi connectivity index (χ4n) is 2.13. The number of hydrogen-bond donors (Lipinski definition) is 2. The van der Waals surface area contributed by atoms with E-state index in [0.29, 0.717) is 0 Å². The lowest BCUT2D eigenvalue weighted by molar-refractivity contribution is 0.791. The van der Waals surface area contributed by atoms with Crippen molar-refractivity contribution in [3.63, 3.8) is 0 Å². The first-order chi connectivity index (χ1) is 11.6. The van der Waals surface area contributed by atoms with Crippen molar-refractivity contribution in [1.29, 1.82) is 0 Å². The minimum Gasteiger partial charge on any atom is -0.412 e. The maximum Gasteiger partial charge on any atom is 0.0184 e. The maximum atomic E-state index is 3.78. The summed E-state index contributed by atoms with van der Waals surface area (Å²) in [6, 6.07) is 20.9. The Bertz CT molecular complexity index is 538. The predicted octanol–water partition coefficient (Wildman–Crippen LogP) is 3.88. The zero-order valence-corrected chi connectivity index (χ0v) is 15.5. The van der Waals surface area contributed by atoms with Gasteiger partial charge in [0.1, 0.15) is 0 Å². The molecule has 0 saturated carbocycles. The highest BCUT2D eigenvalue weighted by molar-refractivity contribution is 5.15. The van der Waals surface area contributed by atoms with Crippen LogP contribution >= 0.6 is 0 Å². The molecule has 0 aliphatic rings. The van der Waals surface area contributed by atoms with Crippen molar-refractivity contribution in [2.45, 2.75) is 26.7 Å². The Balaban J connectivity index is 0.000000443. The van der Waals surface area contributed by atoms with Gasteiger partial charge in [-0.2, -0.15) is 0 Å². The second-order valence-corrected chi connectivity index (χ2v) is 5.89. The van der Waals surface area contributed by atoms with E-state index in [1.54, 1.807) is 0 Å². The van der Waals surface area contributed by atoms with E-state index in [1.165, 1.54) is 11.1 Å². The Morgan fingerprint density at radius 3 is 1.28 bits per heavy atom. The van der Waals surface area contributed by atoms with E-state index >= 15 is 0 Å². The van der Waals surface area contributed by atoms with Crippen LogP contribution in [0.15, 0.2) is 85.2 Å². The molecule has 0 fully saturated rings. The average molecular weight is 341 g/mol. The molecule has 0 bridgehead atoms. The van der Waals surface area contributed by atoms with Crippen LogP contribution in [-0.4, -0.2) is 18.6 Å². The summed E-state index contributed by atoms with van der Waals surface area (Å²) in [5.41, 5.74) is 4.80. The summed E-state index contributed by atoms with van der Waals surface area (Å²) in [6.07, 6.45) is 2.13. The van der Waals surface area contributed by atoms with Crippen molar-refractivity contribution in [2.75, 3.05) is 13.1 Å². The summed E-state index contributed by atoms with van der Waals surface area (Å²) in [4.78, 5) is 0. The largest absolute Gasteiger partial charge is 0.412 e. The van der Waals surface area contributed by atoms with Gasteiger partial charge in [-0.15, -0.1) is 0 Å². The molecule has 0 aliphatic heterocycles. The van der Waals surface area contributed by atoms with Gasteiger partial charge in [0, 0.05) is 24.5 Å². The fraction of sp³-hybridized carbons (Fsp3) is 0.273.